The number of hydrogen-bond acceptors (Lipinski definition) is 7. The highest BCUT2D eigenvalue weighted by molar-refractivity contribution is 5.91. The molecule has 3 heterocycles. The van der Waals surface area contributed by atoms with Gasteiger partial charge in [-0.1, -0.05) is 41.0 Å². The molecule has 10 nitrogen and oxygen atoms in total. The quantitative estimate of drug-likeness (QED) is 0.474. The largest absolute Gasteiger partial charge is 0.337 e. The summed E-state index contributed by atoms with van der Waals surface area (Å²) in [5.74, 6) is 1.33. The number of nitrogens with one attached hydrogen (secondary N) is 1. The lowest BCUT2D eigenvalue weighted by atomic mass is 10.2. The Balaban J connectivity index is 1.19. The van der Waals surface area contributed by atoms with Crippen LogP contribution in [0, 0.1) is 13.8 Å². The molecule has 2 aromatic carbocycles. The van der Waals surface area contributed by atoms with Crippen molar-refractivity contribution in [2.45, 2.75) is 13.8 Å². The van der Waals surface area contributed by atoms with Gasteiger partial charge in [-0.05, 0) is 48.5 Å². The summed E-state index contributed by atoms with van der Waals surface area (Å²) in [5.41, 5.74) is 3.86. The fourth-order valence-electron chi connectivity index (χ4n) is 4.08. The molecule has 1 N–H and O–H groups in total. The second-order valence-corrected chi connectivity index (χ2v) is 8.46. The van der Waals surface area contributed by atoms with Crippen molar-refractivity contribution in [1.29, 1.82) is 0 Å². The minimum atomic E-state index is -0.0594. The zero-order chi connectivity index (χ0) is 23.5. The van der Waals surface area contributed by atoms with Crippen LogP contribution in [0.25, 0.3) is 11.4 Å². The molecule has 10 heteroatoms. The number of aryl methyl sites for hydroxylation is 2. The van der Waals surface area contributed by atoms with Crippen molar-refractivity contribution in [3.63, 3.8) is 0 Å². The Kier molecular flexibility index (Phi) is 6.05. The van der Waals surface area contributed by atoms with E-state index in [0.717, 1.165) is 43.2 Å². The molecule has 34 heavy (non-hydrogen) atoms. The van der Waals surface area contributed by atoms with Gasteiger partial charge in [0.1, 0.15) is 5.82 Å². The molecule has 0 unspecified atom stereocenters. The van der Waals surface area contributed by atoms with Gasteiger partial charge in [0.2, 0.25) is 11.9 Å². The van der Waals surface area contributed by atoms with Gasteiger partial charge in [0, 0.05) is 32.2 Å². The third kappa shape index (κ3) is 4.67. The maximum atomic E-state index is 12.8. The number of benzene rings is 2. The molecule has 0 spiro atoms. The van der Waals surface area contributed by atoms with Crippen LogP contribution < -0.4 is 10.2 Å². The smallest absolute Gasteiger partial charge is 0.250 e. The second kappa shape index (κ2) is 9.44. The lowest BCUT2D eigenvalue weighted by Gasteiger charge is -2.34. The number of tetrazole rings is 1. The van der Waals surface area contributed by atoms with Crippen molar-refractivity contribution >= 4 is 17.7 Å². The summed E-state index contributed by atoms with van der Waals surface area (Å²) in [6.45, 7) is 7.24. The molecule has 174 valence electrons. The predicted octanol–water partition coefficient (Wildman–Crippen LogP) is 2.23. The Labute approximate surface area is 197 Å². The van der Waals surface area contributed by atoms with Crippen LogP contribution in [0.3, 0.4) is 0 Å². The number of hydrogen-bond donors (Lipinski definition) is 1. The lowest BCUT2D eigenvalue weighted by molar-refractivity contribution is -0.117. The summed E-state index contributed by atoms with van der Waals surface area (Å²) < 4.78 is 3.52. The Morgan fingerprint density at radius 2 is 1.62 bits per heavy atom. The van der Waals surface area contributed by atoms with E-state index in [-0.39, 0.29) is 5.91 Å². The Morgan fingerprint density at radius 1 is 0.912 bits per heavy atom. The minimum absolute atomic E-state index is 0.0594. The molecule has 4 aromatic rings. The van der Waals surface area contributed by atoms with E-state index in [9.17, 15) is 4.79 Å². The number of piperazine rings is 1. The molecule has 0 atom stereocenters. The molecule has 1 aliphatic heterocycles. The highest BCUT2D eigenvalue weighted by Gasteiger charge is 2.24. The van der Waals surface area contributed by atoms with Gasteiger partial charge < -0.3 is 10.2 Å². The van der Waals surface area contributed by atoms with Gasteiger partial charge in [-0.15, -0.1) is 0 Å². The first kappa shape index (κ1) is 21.8. The molecular formula is C24H27N9O. The van der Waals surface area contributed by atoms with Crippen LogP contribution in [0.1, 0.15) is 11.3 Å². The highest BCUT2D eigenvalue weighted by atomic mass is 16.2. The van der Waals surface area contributed by atoms with Gasteiger partial charge in [-0.25, -0.2) is 4.68 Å². The molecule has 1 fully saturated rings. The van der Waals surface area contributed by atoms with Crippen LogP contribution in [0.4, 0.5) is 11.8 Å². The zero-order valence-electron chi connectivity index (χ0n) is 19.3. The Morgan fingerprint density at radius 3 is 2.35 bits per heavy atom. The summed E-state index contributed by atoms with van der Waals surface area (Å²) in [4.78, 5) is 17.1. The number of rotatable bonds is 6. The summed E-state index contributed by atoms with van der Waals surface area (Å²) in [5, 5.41) is 19.8. The number of carbonyl (C=O) groups excluding carboxylic acids is 1. The van der Waals surface area contributed by atoms with Crippen molar-refractivity contribution in [1.82, 2.24) is 34.9 Å². The molecule has 1 aliphatic rings. The lowest BCUT2D eigenvalue weighted by Crippen LogP contribution is -2.49. The SMILES string of the molecule is Cc1ccc(-n2nc(C)cc2NC(=O)CN2CCN(c3nnnn3-c3ccccc3)CC2)cc1. The average molecular weight is 458 g/mol. The fourth-order valence-corrected chi connectivity index (χ4v) is 4.08. The molecule has 1 saturated heterocycles. The molecule has 5 rings (SSSR count). The maximum absolute atomic E-state index is 12.8. The zero-order valence-corrected chi connectivity index (χ0v) is 19.3. The predicted molar refractivity (Wildman–Crippen MR) is 129 cm³/mol. The summed E-state index contributed by atoms with van der Waals surface area (Å²) in [6.07, 6.45) is 0. The number of nitrogens with zero attached hydrogens (tertiary/aromatic N) is 8. The third-order valence-electron chi connectivity index (χ3n) is 5.85. The molecule has 0 aliphatic carbocycles. The fraction of sp³-hybridized carbons (Fsp3) is 0.292. The van der Waals surface area contributed by atoms with E-state index in [4.69, 9.17) is 0 Å². The molecule has 2 aromatic heterocycles. The van der Waals surface area contributed by atoms with Crippen molar-refractivity contribution in [2.75, 3.05) is 42.9 Å². The van der Waals surface area contributed by atoms with Crippen LogP contribution in [0.15, 0.2) is 60.7 Å². The third-order valence-corrected chi connectivity index (χ3v) is 5.85. The Bertz CT molecular complexity index is 1260. The monoisotopic (exact) mass is 457 g/mol. The minimum Gasteiger partial charge on any atom is -0.337 e. The first-order chi connectivity index (χ1) is 16.6. The van der Waals surface area contributed by atoms with E-state index in [1.165, 1.54) is 5.56 Å². The van der Waals surface area contributed by atoms with Gasteiger partial charge in [-0.2, -0.15) is 9.78 Å². The average Bonchev–Trinajstić information content (AvgIpc) is 3.47. The molecule has 0 bridgehead atoms. The van der Waals surface area contributed by atoms with Gasteiger partial charge in [-0.3, -0.25) is 9.69 Å². The van der Waals surface area contributed by atoms with E-state index in [1.807, 2.05) is 74.5 Å². The van der Waals surface area contributed by atoms with E-state index in [0.29, 0.717) is 18.3 Å². The highest BCUT2D eigenvalue weighted by Crippen LogP contribution is 2.19. The number of anilines is 2. The maximum Gasteiger partial charge on any atom is 0.250 e. The standard InChI is InChI=1S/C24H27N9O/c1-18-8-10-21(11-9-18)32-22(16-19(2)27-32)25-23(34)17-30-12-14-31(15-13-30)24-26-28-29-33(24)20-6-4-3-5-7-20/h3-11,16H,12-15,17H2,1-2H3,(H,25,34). The Hall–Kier alpha value is -4.05. The van der Waals surface area contributed by atoms with Crippen molar-refractivity contribution in [3.8, 4) is 11.4 Å². The molecule has 1 amide bonds. The van der Waals surface area contributed by atoms with E-state index >= 15 is 0 Å². The summed E-state index contributed by atoms with van der Waals surface area (Å²) >= 11 is 0. The van der Waals surface area contributed by atoms with Crippen LogP contribution in [0.5, 0.6) is 0 Å². The van der Waals surface area contributed by atoms with Gasteiger partial charge >= 0.3 is 0 Å². The van der Waals surface area contributed by atoms with Crippen molar-refractivity contribution < 1.29 is 4.79 Å². The molecule has 0 radical (unpaired) electrons. The normalized spacial score (nSPS) is 14.4. The number of amides is 1. The van der Waals surface area contributed by atoms with Crippen LogP contribution >= 0.6 is 0 Å². The van der Waals surface area contributed by atoms with Crippen molar-refractivity contribution in [3.05, 3.63) is 71.9 Å². The van der Waals surface area contributed by atoms with Gasteiger partial charge in [0.15, 0.2) is 0 Å². The van der Waals surface area contributed by atoms with Crippen LogP contribution in [0.2, 0.25) is 0 Å². The number of para-hydroxylation sites is 1. The molecule has 0 saturated carbocycles. The molecular weight excluding hydrogens is 430 g/mol. The van der Waals surface area contributed by atoms with Crippen molar-refractivity contribution in [2.24, 2.45) is 0 Å². The van der Waals surface area contributed by atoms with E-state index < -0.39 is 0 Å². The van der Waals surface area contributed by atoms with E-state index in [2.05, 4.69) is 35.7 Å². The summed E-state index contributed by atoms with van der Waals surface area (Å²) in [6, 6.07) is 19.8. The van der Waals surface area contributed by atoms with E-state index in [1.54, 1.807) is 9.36 Å². The van der Waals surface area contributed by atoms with Crippen LogP contribution in [-0.2, 0) is 4.79 Å². The van der Waals surface area contributed by atoms with Crippen LogP contribution in [-0.4, -0.2) is 73.5 Å². The number of carbonyl (C=O) groups is 1. The number of aromatic nitrogens is 6. The first-order valence-corrected chi connectivity index (χ1v) is 11.3. The van der Waals surface area contributed by atoms with Gasteiger partial charge in [0.05, 0.1) is 23.6 Å². The first-order valence-electron chi connectivity index (χ1n) is 11.3. The summed E-state index contributed by atoms with van der Waals surface area (Å²) in [7, 11) is 0. The van der Waals surface area contributed by atoms with Gasteiger partial charge in [0.25, 0.3) is 0 Å². The topological polar surface area (TPSA) is 97.0 Å². The second-order valence-electron chi connectivity index (χ2n) is 8.46.